The van der Waals surface area contributed by atoms with Crippen molar-refractivity contribution in [3.63, 3.8) is 0 Å². The van der Waals surface area contributed by atoms with Crippen molar-refractivity contribution in [1.82, 2.24) is 4.90 Å². The summed E-state index contributed by atoms with van der Waals surface area (Å²) in [5.74, 6) is -1.48. The van der Waals surface area contributed by atoms with E-state index in [4.69, 9.17) is 10.4 Å². The first-order valence-corrected chi connectivity index (χ1v) is 6.45. The number of aliphatic hydroxyl groups excluding tert-OH is 1. The number of carboxylic acids is 1. The molecule has 1 fully saturated rings. The third-order valence-corrected chi connectivity index (χ3v) is 3.33. The van der Waals surface area contributed by atoms with Gasteiger partial charge >= 0.3 is 5.97 Å². The highest BCUT2D eigenvalue weighted by Gasteiger charge is 2.36. The highest BCUT2D eigenvalue weighted by molar-refractivity contribution is 5.93. The summed E-state index contributed by atoms with van der Waals surface area (Å²) < 4.78 is 0. The van der Waals surface area contributed by atoms with E-state index in [1.807, 2.05) is 6.07 Å². The molecule has 2 rings (SSSR count). The van der Waals surface area contributed by atoms with Crippen molar-refractivity contribution in [2.45, 2.75) is 18.6 Å². The highest BCUT2D eigenvalue weighted by Crippen LogP contribution is 2.18. The van der Waals surface area contributed by atoms with E-state index in [1.165, 1.54) is 4.90 Å². The number of rotatable bonds is 4. The van der Waals surface area contributed by atoms with Gasteiger partial charge in [-0.3, -0.25) is 14.5 Å². The quantitative estimate of drug-likeness (QED) is 0.720. The van der Waals surface area contributed by atoms with Crippen LogP contribution in [0.2, 0.25) is 0 Å². The standard InChI is InChI=1S/C14H15N3O4/c15-6-9-3-1-2-4-11(9)16-13(19)8-17-7-10(18)5-12(17)14(20)21/h1-4,10,12,18H,5,7-8H2,(H,16,19)(H,20,21). The molecule has 1 heterocycles. The maximum atomic E-state index is 12.0. The molecule has 1 aliphatic rings. The van der Waals surface area contributed by atoms with Crippen LogP contribution in [0, 0.1) is 11.3 Å². The number of aliphatic carboxylic acids is 1. The number of nitriles is 1. The first kappa shape index (κ1) is 15.0. The van der Waals surface area contributed by atoms with Crippen molar-refractivity contribution in [2.75, 3.05) is 18.4 Å². The molecule has 110 valence electrons. The number of amides is 1. The molecule has 0 aliphatic carbocycles. The van der Waals surface area contributed by atoms with Crippen LogP contribution in [0.1, 0.15) is 12.0 Å². The Morgan fingerprint density at radius 2 is 2.14 bits per heavy atom. The van der Waals surface area contributed by atoms with E-state index in [-0.39, 0.29) is 19.5 Å². The fourth-order valence-electron chi connectivity index (χ4n) is 2.37. The van der Waals surface area contributed by atoms with Crippen molar-refractivity contribution in [3.05, 3.63) is 29.8 Å². The smallest absolute Gasteiger partial charge is 0.321 e. The summed E-state index contributed by atoms with van der Waals surface area (Å²) in [4.78, 5) is 24.5. The average molecular weight is 289 g/mol. The first-order valence-electron chi connectivity index (χ1n) is 6.45. The molecule has 3 N–H and O–H groups in total. The van der Waals surface area contributed by atoms with Crippen LogP contribution in [0.15, 0.2) is 24.3 Å². The summed E-state index contributed by atoms with van der Waals surface area (Å²) in [6, 6.07) is 7.66. The topological polar surface area (TPSA) is 114 Å². The normalized spacial score (nSPS) is 21.7. The zero-order valence-corrected chi connectivity index (χ0v) is 11.2. The van der Waals surface area contributed by atoms with E-state index in [9.17, 15) is 14.7 Å². The van der Waals surface area contributed by atoms with E-state index in [0.29, 0.717) is 11.3 Å². The number of carbonyl (C=O) groups excluding carboxylic acids is 1. The Balaban J connectivity index is 2.02. The van der Waals surface area contributed by atoms with Crippen LogP contribution < -0.4 is 5.32 Å². The lowest BCUT2D eigenvalue weighted by Gasteiger charge is -2.20. The van der Waals surface area contributed by atoms with E-state index < -0.39 is 24.0 Å². The molecule has 1 aromatic rings. The molecule has 2 atom stereocenters. The van der Waals surface area contributed by atoms with Gasteiger partial charge in [-0.1, -0.05) is 12.1 Å². The minimum Gasteiger partial charge on any atom is -0.480 e. The third kappa shape index (κ3) is 3.56. The largest absolute Gasteiger partial charge is 0.480 e. The number of carbonyl (C=O) groups is 2. The number of hydrogen-bond donors (Lipinski definition) is 3. The van der Waals surface area contributed by atoms with Crippen molar-refractivity contribution >= 4 is 17.6 Å². The summed E-state index contributed by atoms with van der Waals surface area (Å²) >= 11 is 0. The monoisotopic (exact) mass is 289 g/mol. The molecular formula is C14H15N3O4. The van der Waals surface area contributed by atoms with Crippen molar-refractivity contribution in [1.29, 1.82) is 5.26 Å². The van der Waals surface area contributed by atoms with E-state index in [2.05, 4.69) is 5.32 Å². The van der Waals surface area contributed by atoms with E-state index in [0.717, 1.165) is 0 Å². The fraction of sp³-hybridized carbons (Fsp3) is 0.357. The maximum Gasteiger partial charge on any atom is 0.321 e. The van der Waals surface area contributed by atoms with Gasteiger partial charge in [-0.15, -0.1) is 0 Å². The Hall–Kier alpha value is -2.43. The maximum absolute atomic E-state index is 12.0. The lowest BCUT2D eigenvalue weighted by Crippen LogP contribution is -2.41. The van der Waals surface area contributed by atoms with Gasteiger partial charge in [-0.2, -0.15) is 5.26 Å². The minimum absolute atomic E-state index is 0.109. The predicted octanol–water partition coefficient (Wildman–Crippen LogP) is 0.0166. The second-order valence-electron chi connectivity index (χ2n) is 4.88. The Labute approximate surface area is 121 Å². The van der Waals surface area contributed by atoms with Crippen molar-refractivity contribution in [3.8, 4) is 6.07 Å². The molecule has 0 bridgehead atoms. The zero-order valence-electron chi connectivity index (χ0n) is 11.2. The van der Waals surface area contributed by atoms with Gasteiger partial charge in [0.25, 0.3) is 0 Å². The van der Waals surface area contributed by atoms with Gasteiger partial charge in [0.05, 0.1) is 23.9 Å². The molecule has 0 aromatic heterocycles. The summed E-state index contributed by atoms with van der Waals surface area (Å²) in [7, 11) is 0. The molecule has 0 spiro atoms. The Morgan fingerprint density at radius 3 is 2.81 bits per heavy atom. The van der Waals surface area contributed by atoms with Crippen LogP contribution in [0.4, 0.5) is 5.69 Å². The van der Waals surface area contributed by atoms with Gasteiger partial charge in [0.15, 0.2) is 0 Å². The van der Waals surface area contributed by atoms with Crippen molar-refractivity contribution < 1.29 is 19.8 Å². The molecule has 1 aromatic carbocycles. The number of nitrogens with one attached hydrogen (secondary N) is 1. The molecule has 1 saturated heterocycles. The van der Waals surface area contributed by atoms with Crippen LogP contribution in [0.25, 0.3) is 0 Å². The van der Waals surface area contributed by atoms with Crippen LogP contribution in [-0.2, 0) is 9.59 Å². The van der Waals surface area contributed by atoms with Gasteiger partial charge < -0.3 is 15.5 Å². The van der Waals surface area contributed by atoms with Crippen molar-refractivity contribution in [2.24, 2.45) is 0 Å². The van der Waals surface area contributed by atoms with Gasteiger partial charge in [-0.25, -0.2) is 0 Å². The number of likely N-dealkylation sites (tertiary alicyclic amines) is 1. The minimum atomic E-state index is -1.06. The van der Waals surface area contributed by atoms with Crippen LogP contribution in [-0.4, -0.2) is 52.2 Å². The fourth-order valence-corrected chi connectivity index (χ4v) is 2.37. The SMILES string of the molecule is N#Cc1ccccc1NC(=O)CN1CC(O)CC1C(=O)O. The Bertz CT molecular complexity index is 596. The van der Waals surface area contributed by atoms with Crippen LogP contribution >= 0.6 is 0 Å². The highest BCUT2D eigenvalue weighted by atomic mass is 16.4. The van der Waals surface area contributed by atoms with E-state index in [1.54, 1.807) is 24.3 Å². The number of aliphatic hydroxyl groups is 1. The summed E-state index contributed by atoms with van der Waals surface area (Å²) in [5, 5.41) is 30.1. The number of carboxylic acid groups (broad SMARTS) is 1. The summed E-state index contributed by atoms with van der Waals surface area (Å²) in [6.07, 6.45) is -0.637. The molecule has 0 saturated carbocycles. The number of anilines is 1. The molecular weight excluding hydrogens is 274 g/mol. The van der Waals surface area contributed by atoms with Gasteiger partial charge in [0.2, 0.25) is 5.91 Å². The molecule has 7 nitrogen and oxygen atoms in total. The second kappa shape index (κ2) is 6.35. The number of β-amino-alcohol motifs (C(OH)–C–C–N with tert-alkyl or cyclic N) is 1. The lowest BCUT2D eigenvalue weighted by molar-refractivity contribution is -0.142. The molecule has 0 radical (unpaired) electrons. The number of para-hydroxylation sites is 1. The molecule has 2 unspecified atom stereocenters. The van der Waals surface area contributed by atoms with Crippen LogP contribution in [0.3, 0.4) is 0 Å². The van der Waals surface area contributed by atoms with Gasteiger partial charge in [-0.05, 0) is 12.1 Å². The zero-order chi connectivity index (χ0) is 15.4. The predicted molar refractivity (Wildman–Crippen MR) is 73.4 cm³/mol. The molecule has 1 aliphatic heterocycles. The second-order valence-corrected chi connectivity index (χ2v) is 4.88. The number of hydrogen-bond acceptors (Lipinski definition) is 5. The Kier molecular flexibility index (Phi) is 4.52. The summed E-state index contributed by atoms with van der Waals surface area (Å²) in [5.41, 5.74) is 0.721. The van der Waals surface area contributed by atoms with E-state index >= 15 is 0 Å². The molecule has 7 heteroatoms. The van der Waals surface area contributed by atoms with Gasteiger partial charge in [0, 0.05) is 13.0 Å². The molecule has 1 amide bonds. The molecule has 21 heavy (non-hydrogen) atoms. The third-order valence-electron chi connectivity index (χ3n) is 3.33. The summed E-state index contributed by atoms with van der Waals surface area (Å²) in [6.45, 7) is -0.00191. The average Bonchev–Trinajstić information content (AvgIpc) is 2.80. The van der Waals surface area contributed by atoms with Gasteiger partial charge in [0.1, 0.15) is 12.1 Å². The Morgan fingerprint density at radius 1 is 1.43 bits per heavy atom. The number of nitrogens with zero attached hydrogens (tertiary/aromatic N) is 2. The number of benzene rings is 1. The van der Waals surface area contributed by atoms with Crippen LogP contribution in [0.5, 0.6) is 0 Å². The lowest BCUT2D eigenvalue weighted by atomic mass is 10.2. The first-order chi connectivity index (χ1) is 10.0.